The maximum atomic E-state index is 12.8. The van der Waals surface area contributed by atoms with Crippen molar-refractivity contribution in [3.05, 3.63) is 64.1 Å². The number of amides is 1. The number of fused-ring (bicyclic) bond motifs is 3. The second-order valence-corrected chi connectivity index (χ2v) is 7.92. The Kier molecular flexibility index (Phi) is 5.52. The summed E-state index contributed by atoms with van der Waals surface area (Å²) in [6, 6.07) is 7.72. The third-order valence-electron chi connectivity index (χ3n) is 5.24. The van der Waals surface area contributed by atoms with E-state index in [-0.39, 0.29) is 23.8 Å². The van der Waals surface area contributed by atoms with Crippen molar-refractivity contribution >= 4 is 28.6 Å². The summed E-state index contributed by atoms with van der Waals surface area (Å²) in [6.45, 7) is 5.32. The van der Waals surface area contributed by atoms with Crippen molar-refractivity contribution in [2.45, 2.75) is 33.4 Å². The van der Waals surface area contributed by atoms with Crippen LogP contribution >= 0.6 is 0 Å². The molecule has 1 atom stereocenters. The highest BCUT2D eigenvalue weighted by atomic mass is 16.5. The highest BCUT2D eigenvalue weighted by molar-refractivity contribution is 5.94. The molecule has 0 aliphatic heterocycles. The lowest BCUT2D eigenvalue weighted by molar-refractivity contribution is -0.148. The Morgan fingerprint density at radius 2 is 2.00 bits per heavy atom. The van der Waals surface area contributed by atoms with Crippen LogP contribution in [0.15, 0.2) is 45.8 Å². The lowest BCUT2D eigenvalue weighted by Gasteiger charge is -2.20. The van der Waals surface area contributed by atoms with E-state index >= 15 is 0 Å². The second kappa shape index (κ2) is 8.29. The number of carbonyl (C=O) groups is 2. The molecular weight excluding hydrogens is 414 g/mol. The SMILES string of the molecule is Cc1ccc2c(c1)c(=O)n(C)c1nnc(COC(=O)[C@@H](NC(=O)c3ccco3)C(C)C)n21. The molecule has 1 amide bonds. The Morgan fingerprint density at radius 3 is 2.69 bits per heavy atom. The van der Waals surface area contributed by atoms with Crippen LogP contribution in [0.5, 0.6) is 0 Å². The van der Waals surface area contributed by atoms with Gasteiger partial charge in [0.1, 0.15) is 6.04 Å². The molecule has 4 rings (SSSR count). The zero-order chi connectivity index (χ0) is 23.0. The van der Waals surface area contributed by atoms with Gasteiger partial charge in [-0.15, -0.1) is 10.2 Å². The molecule has 10 heteroatoms. The fourth-order valence-electron chi connectivity index (χ4n) is 3.50. The predicted octanol–water partition coefficient (Wildman–Crippen LogP) is 1.98. The molecule has 0 spiro atoms. The number of rotatable bonds is 6. The van der Waals surface area contributed by atoms with E-state index in [1.54, 1.807) is 37.4 Å². The fourth-order valence-corrected chi connectivity index (χ4v) is 3.50. The minimum absolute atomic E-state index is 0.106. The molecule has 1 aromatic carbocycles. The summed E-state index contributed by atoms with van der Waals surface area (Å²) in [5.74, 6) is -0.533. The Bertz CT molecular complexity index is 1370. The molecule has 32 heavy (non-hydrogen) atoms. The van der Waals surface area contributed by atoms with E-state index in [1.807, 2.05) is 19.1 Å². The lowest BCUT2D eigenvalue weighted by Crippen LogP contribution is -2.45. The van der Waals surface area contributed by atoms with Crippen molar-refractivity contribution in [2.24, 2.45) is 13.0 Å². The zero-order valence-electron chi connectivity index (χ0n) is 18.2. The maximum absolute atomic E-state index is 12.8. The lowest BCUT2D eigenvalue weighted by atomic mass is 10.0. The van der Waals surface area contributed by atoms with Gasteiger partial charge in [0.15, 0.2) is 18.2 Å². The number of nitrogens with zero attached hydrogens (tertiary/aromatic N) is 4. The number of hydrogen-bond donors (Lipinski definition) is 1. The number of aromatic nitrogens is 4. The monoisotopic (exact) mass is 437 g/mol. The van der Waals surface area contributed by atoms with Crippen LogP contribution in [0.25, 0.3) is 16.7 Å². The first-order chi connectivity index (χ1) is 15.3. The van der Waals surface area contributed by atoms with Gasteiger partial charge in [-0.2, -0.15) is 0 Å². The van der Waals surface area contributed by atoms with Gasteiger partial charge in [0.05, 0.1) is 17.2 Å². The summed E-state index contributed by atoms with van der Waals surface area (Å²) in [4.78, 5) is 37.8. The van der Waals surface area contributed by atoms with Gasteiger partial charge in [-0.1, -0.05) is 25.5 Å². The first kappa shape index (κ1) is 21.3. The second-order valence-electron chi connectivity index (χ2n) is 7.92. The van der Waals surface area contributed by atoms with Crippen molar-refractivity contribution in [1.29, 1.82) is 0 Å². The van der Waals surface area contributed by atoms with E-state index in [1.165, 1.54) is 16.9 Å². The molecule has 0 saturated carbocycles. The number of furan rings is 1. The molecule has 0 aliphatic carbocycles. The average Bonchev–Trinajstić information content (AvgIpc) is 3.44. The van der Waals surface area contributed by atoms with Crippen LogP contribution < -0.4 is 10.9 Å². The molecule has 166 valence electrons. The van der Waals surface area contributed by atoms with Crippen LogP contribution in [-0.4, -0.2) is 37.1 Å². The minimum atomic E-state index is -0.879. The third-order valence-corrected chi connectivity index (χ3v) is 5.24. The van der Waals surface area contributed by atoms with Crippen molar-refractivity contribution < 1.29 is 18.7 Å². The normalized spacial score (nSPS) is 12.4. The van der Waals surface area contributed by atoms with Crippen molar-refractivity contribution in [1.82, 2.24) is 24.5 Å². The van der Waals surface area contributed by atoms with Gasteiger partial charge in [0.2, 0.25) is 5.78 Å². The van der Waals surface area contributed by atoms with E-state index in [4.69, 9.17) is 9.15 Å². The summed E-state index contributed by atoms with van der Waals surface area (Å²) in [5.41, 5.74) is 1.38. The van der Waals surface area contributed by atoms with Gasteiger partial charge in [0, 0.05) is 7.05 Å². The van der Waals surface area contributed by atoms with E-state index in [2.05, 4.69) is 15.5 Å². The van der Waals surface area contributed by atoms with Gasteiger partial charge < -0.3 is 14.5 Å². The van der Waals surface area contributed by atoms with Gasteiger partial charge in [0.25, 0.3) is 11.5 Å². The Balaban J connectivity index is 1.61. The molecule has 0 unspecified atom stereocenters. The number of ether oxygens (including phenoxy) is 1. The van der Waals surface area contributed by atoms with Gasteiger partial charge in [-0.3, -0.25) is 18.6 Å². The largest absolute Gasteiger partial charge is 0.459 e. The van der Waals surface area contributed by atoms with Crippen LogP contribution in [-0.2, 0) is 23.2 Å². The first-order valence-electron chi connectivity index (χ1n) is 10.1. The third kappa shape index (κ3) is 3.75. The maximum Gasteiger partial charge on any atom is 0.329 e. The Morgan fingerprint density at radius 1 is 1.22 bits per heavy atom. The van der Waals surface area contributed by atoms with Crippen molar-refractivity contribution in [3.8, 4) is 0 Å². The highest BCUT2D eigenvalue weighted by Crippen LogP contribution is 2.17. The van der Waals surface area contributed by atoms with Gasteiger partial charge in [-0.25, -0.2) is 4.79 Å². The minimum Gasteiger partial charge on any atom is -0.459 e. The summed E-state index contributed by atoms with van der Waals surface area (Å²) < 4.78 is 13.7. The van der Waals surface area contributed by atoms with E-state index in [0.29, 0.717) is 22.5 Å². The van der Waals surface area contributed by atoms with E-state index < -0.39 is 17.9 Å². The molecule has 3 heterocycles. The molecule has 0 aliphatic rings. The molecule has 0 bridgehead atoms. The van der Waals surface area contributed by atoms with Gasteiger partial charge >= 0.3 is 5.97 Å². The molecular formula is C22H23N5O5. The van der Waals surface area contributed by atoms with Crippen LogP contribution in [0.4, 0.5) is 0 Å². The van der Waals surface area contributed by atoms with E-state index in [9.17, 15) is 14.4 Å². The van der Waals surface area contributed by atoms with E-state index in [0.717, 1.165) is 5.56 Å². The molecule has 0 radical (unpaired) electrons. The van der Waals surface area contributed by atoms with Crippen molar-refractivity contribution in [3.63, 3.8) is 0 Å². The molecule has 10 nitrogen and oxygen atoms in total. The summed E-state index contributed by atoms with van der Waals surface area (Å²) in [7, 11) is 1.61. The number of benzene rings is 1. The quantitative estimate of drug-likeness (QED) is 0.458. The molecule has 0 fully saturated rings. The molecule has 4 aromatic rings. The number of carbonyl (C=O) groups excluding carboxylic acids is 2. The van der Waals surface area contributed by atoms with Crippen LogP contribution in [0, 0.1) is 12.8 Å². The smallest absolute Gasteiger partial charge is 0.329 e. The van der Waals surface area contributed by atoms with Crippen LogP contribution in [0.2, 0.25) is 0 Å². The van der Waals surface area contributed by atoms with Crippen LogP contribution in [0.3, 0.4) is 0 Å². The first-order valence-corrected chi connectivity index (χ1v) is 10.1. The fraction of sp³-hybridized carbons (Fsp3) is 0.318. The topological polar surface area (TPSA) is 121 Å². The summed E-state index contributed by atoms with van der Waals surface area (Å²) in [5, 5.41) is 11.4. The molecule has 0 saturated heterocycles. The standard InChI is InChI=1S/C22H23N5O5/c1-12(2)18(23-19(28)16-6-5-9-31-16)21(30)32-11-17-24-25-22-26(4)20(29)14-10-13(3)7-8-15(14)27(17)22/h5-10,12,18H,11H2,1-4H3,(H,23,28)/t18-/m0/s1. The predicted molar refractivity (Wildman–Crippen MR) is 115 cm³/mol. The van der Waals surface area contributed by atoms with Crippen LogP contribution in [0.1, 0.15) is 35.8 Å². The number of hydrogen-bond acceptors (Lipinski definition) is 7. The number of aryl methyl sites for hydroxylation is 2. The number of esters is 1. The highest BCUT2D eigenvalue weighted by Gasteiger charge is 2.27. The Hall–Kier alpha value is -3.95. The Labute approximate surface area is 182 Å². The molecule has 3 aromatic heterocycles. The zero-order valence-corrected chi connectivity index (χ0v) is 18.2. The van der Waals surface area contributed by atoms with Crippen molar-refractivity contribution in [2.75, 3.05) is 0 Å². The number of nitrogens with one attached hydrogen (secondary N) is 1. The van der Waals surface area contributed by atoms with Gasteiger partial charge in [-0.05, 0) is 37.1 Å². The summed E-state index contributed by atoms with van der Waals surface area (Å²) >= 11 is 0. The summed E-state index contributed by atoms with van der Waals surface area (Å²) in [6.07, 6.45) is 1.38. The average molecular weight is 437 g/mol. The molecule has 1 N–H and O–H groups in total.